The Labute approximate surface area is 84.0 Å². The van der Waals surface area contributed by atoms with Gasteiger partial charge in [-0.3, -0.25) is 0 Å². The molecule has 0 bridgehead atoms. The van der Waals surface area contributed by atoms with Gasteiger partial charge in [-0.1, -0.05) is 0 Å². The van der Waals surface area contributed by atoms with Gasteiger partial charge in [0, 0.05) is 5.92 Å². The standard InChI is InChI=1S/C10H17NO3/c1-9(2,3)14-8(12)11-10-4-7(10)5-13-6-10/h7H,4-6H2,1-3H3,(H,11,12)/t7-,10-/m1/s1. The topological polar surface area (TPSA) is 47.6 Å². The molecule has 80 valence electrons. The van der Waals surface area contributed by atoms with Gasteiger partial charge in [0.2, 0.25) is 0 Å². The van der Waals surface area contributed by atoms with Crippen molar-refractivity contribution in [3.8, 4) is 0 Å². The summed E-state index contributed by atoms with van der Waals surface area (Å²) < 4.78 is 10.5. The van der Waals surface area contributed by atoms with E-state index in [2.05, 4.69) is 5.32 Å². The third-order valence-corrected chi connectivity index (χ3v) is 2.66. The first-order valence-corrected chi connectivity index (χ1v) is 5.00. The second-order valence-electron chi connectivity index (χ2n) is 5.20. The molecule has 1 heterocycles. The van der Waals surface area contributed by atoms with Crippen LogP contribution in [0.3, 0.4) is 0 Å². The highest BCUT2D eigenvalue weighted by molar-refractivity contribution is 5.69. The highest BCUT2D eigenvalue weighted by atomic mass is 16.6. The summed E-state index contributed by atoms with van der Waals surface area (Å²) in [5.41, 5.74) is -0.521. The number of ether oxygens (including phenoxy) is 2. The van der Waals surface area contributed by atoms with Gasteiger partial charge < -0.3 is 14.8 Å². The Hall–Kier alpha value is -0.770. The second kappa shape index (κ2) is 2.86. The lowest BCUT2D eigenvalue weighted by Crippen LogP contribution is -2.42. The lowest BCUT2D eigenvalue weighted by Gasteiger charge is -2.22. The number of alkyl carbamates (subject to hydrolysis) is 1. The lowest BCUT2D eigenvalue weighted by atomic mass is 10.2. The Morgan fingerprint density at radius 2 is 2.29 bits per heavy atom. The molecule has 0 unspecified atom stereocenters. The maximum absolute atomic E-state index is 11.5. The molecule has 1 saturated carbocycles. The fourth-order valence-corrected chi connectivity index (χ4v) is 1.86. The molecule has 4 heteroatoms. The van der Waals surface area contributed by atoms with Crippen LogP contribution < -0.4 is 5.32 Å². The molecule has 1 amide bonds. The number of amides is 1. The van der Waals surface area contributed by atoms with Crippen molar-refractivity contribution in [3.05, 3.63) is 0 Å². The van der Waals surface area contributed by atoms with Gasteiger partial charge in [-0.05, 0) is 27.2 Å². The van der Waals surface area contributed by atoms with Gasteiger partial charge in [-0.25, -0.2) is 4.79 Å². The van der Waals surface area contributed by atoms with E-state index < -0.39 is 5.60 Å². The minimum atomic E-state index is -0.426. The summed E-state index contributed by atoms with van der Waals surface area (Å²) in [7, 11) is 0. The quantitative estimate of drug-likeness (QED) is 0.692. The fourth-order valence-electron chi connectivity index (χ4n) is 1.86. The minimum absolute atomic E-state index is 0.0949. The summed E-state index contributed by atoms with van der Waals surface area (Å²) >= 11 is 0. The number of hydrogen-bond acceptors (Lipinski definition) is 3. The van der Waals surface area contributed by atoms with Crippen molar-refractivity contribution in [1.29, 1.82) is 0 Å². The van der Waals surface area contributed by atoms with E-state index in [-0.39, 0.29) is 11.6 Å². The molecule has 1 aliphatic heterocycles. The van der Waals surface area contributed by atoms with Crippen LogP contribution in [-0.4, -0.2) is 30.4 Å². The molecule has 2 fully saturated rings. The molecule has 14 heavy (non-hydrogen) atoms. The van der Waals surface area contributed by atoms with E-state index in [4.69, 9.17) is 9.47 Å². The molecule has 0 aromatic carbocycles. The highest BCUT2D eigenvalue weighted by Crippen LogP contribution is 2.48. The molecule has 0 aromatic rings. The van der Waals surface area contributed by atoms with E-state index in [0.29, 0.717) is 12.5 Å². The molecular weight excluding hydrogens is 182 g/mol. The van der Waals surface area contributed by atoms with Gasteiger partial charge in [0.05, 0.1) is 18.8 Å². The molecule has 4 nitrogen and oxygen atoms in total. The summed E-state index contributed by atoms with van der Waals surface area (Å²) in [5.74, 6) is 0.509. The zero-order valence-corrected chi connectivity index (χ0v) is 8.92. The first kappa shape index (κ1) is 9.77. The van der Waals surface area contributed by atoms with E-state index in [1.165, 1.54) is 0 Å². The number of hydrogen-bond donors (Lipinski definition) is 1. The molecular formula is C10H17NO3. The van der Waals surface area contributed by atoms with Gasteiger partial charge in [0.15, 0.2) is 0 Å². The van der Waals surface area contributed by atoms with Crippen molar-refractivity contribution in [2.45, 2.75) is 38.3 Å². The van der Waals surface area contributed by atoms with Crippen molar-refractivity contribution < 1.29 is 14.3 Å². The first-order chi connectivity index (χ1) is 6.41. The molecule has 1 aliphatic carbocycles. The summed E-state index contributed by atoms with van der Waals surface area (Å²) in [5, 5.41) is 2.90. The fraction of sp³-hybridized carbons (Fsp3) is 0.900. The van der Waals surface area contributed by atoms with Crippen LogP contribution in [0.4, 0.5) is 4.79 Å². The van der Waals surface area contributed by atoms with Crippen LogP contribution in [0.1, 0.15) is 27.2 Å². The number of carbonyl (C=O) groups is 1. The molecule has 0 radical (unpaired) electrons. The summed E-state index contributed by atoms with van der Waals surface area (Å²) in [6.45, 7) is 6.99. The van der Waals surface area contributed by atoms with Crippen molar-refractivity contribution in [2.75, 3.05) is 13.2 Å². The summed E-state index contributed by atoms with van der Waals surface area (Å²) in [4.78, 5) is 11.5. The highest BCUT2D eigenvalue weighted by Gasteiger charge is 2.59. The van der Waals surface area contributed by atoms with E-state index in [0.717, 1.165) is 13.0 Å². The Morgan fingerprint density at radius 1 is 1.57 bits per heavy atom. The second-order valence-corrected chi connectivity index (χ2v) is 5.20. The maximum Gasteiger partial charge on any atom is 0.408 e. The average Bonchev–Trinajstić information content (AvgIpc) is 2.48. The van der Waals surface area contributed by atoms with Crippen molar-refractivity contribution in [3.63, 3.8) is 0 Å². The number of rotatable bonds is 1. The predicted octanol–water partition coefficient (Wildman–Crippen LogP) is 1.30. The zero-order valence-electron chi connectivity index (χ0n) is 8.92. The Morgan fingerprint density at radius 3 is 2.71 bits per heavy atom. The molecule has 0 spiro atoms. The van der Waals surface area contributed by atoms with Crippen LogP contribution in [0.25, 0.3) is 0 Å². The van der Waals surface area contributed by atoms with Crippen molar-refractivity contribution >= 4 is 6.09 Å². The largest absolute Gasteiger partial charge is 0.444 e. The molecule has 2 rings (SSSR count). The third-order valence-electron chi connectivity index (χ3n) is 2.66. The Bertz CT molecular complexity index is 259. The maximum atomic E-state index is 11.5. The van der Waals surface area contributed by atoms with Gasteiger partial charge in [-0.2, -0.15) is 0 Å². The Balaban J connectivity index is 1.84. The van der Waals surface area contributed by atoms with Crippen LogP contribution >= 0.6 is 0 Å². The monoisotopic (exact) mass is 199 g/mol. The number of nitrogens with one attached hydrogen (secondary N) is 1. The SMILES string of the molecule is CC(C)(C)OC(=O)N[C@]12COC[C@H]1C2. The van der Waals surface area contributed by atoms with Gasteiger partial charge in [-0.15, -0.1) is 0 Å². The van der Waals surface area contributed by atoms with Crippen molar-refractivity contribution in [2.24, 2.45) is 5.92 Å². The molecule has 1 saturated heterocycles. The lowest BCUT2D eigenvalue weighted by molar-refractivity contribution is 0.0475. The van der Waals surface area contributed by atoms with E-state index in [9.17, 15) is 4.79 Å². The molecule has 2 aliphatic rings. The molecule has 2 atom stereocenters. The van der Waals surface area contributed by atoms with Crippen LogP contribution in [0.2, 0.25) is 0 Å². The van der Waals surface area contributed by atoms with Gasteiger partial charge >= 0.3 is 6.09 Å². The summed E-state index contributed by atoms with van der Waals surface area (Å²) in [6, 6.07) is 0. The average molecular weight is 199 g/mol. The summed E-state index contributed by atoms with van der Waals surface area (Å²) in [6.07, 6.45) is 0.706. The smallest absolute Gasteiger partial charge is 0.408 e. The zero-order chi connectivity index (χ0) is 10.4. The Kier molecular flexibility index (Phi) is 2.00. The number of fused-ring (bicyclic) bond motifs is 1. The van der Waals surface area contributed by atoms with Crippen molar-refractivity contribution in [1.82, 2.24) is 5.32 Å². The van der Waals surface area contributed by atoms with E-state index >= 15 is 0 Å². The van der Waals surface area contributed by atoms with Gasteiger partial charge in [0.25, 0.3) is 0 Å². The van der Waals surface area contributed by atoms with Gasteiger partial charge in [0.1, 0.15) is 5.60 Å². The van der Waals surface area contributed by atoms with Crippen LogP contribution in [-0.2, 0) is 9.47 Å². The molecule has 1 N–H and O–H groups in total. The van der Waals surface area contributed by atoms with Crippen LogP contribution in [0.5, 0.6) is 0 Å². The minimum Gasteiger partial charge on any atom is -0.444 e. The van der Waals surface area contributed by atoms with Crippen LogP contribution in [0.15, 0.2) is 0 Å². The van der Waals surface area contributed by atoms with Crippen LogP contribution in [0, 0.1) is 5.92 Å². The number of carbonyl (C=O) groups excluding carboxylic acids is 1. The predicted molar refractivity (Wildman–Crippen MR) is 51.0 cm³/mol. The van der Waals surface area contributed by atoms with E-state index in [1.807, 2.05) is 20.8 Å². The normalized spacial score (nSPS) is 34.9. The van der Waals surface area contributed by atoms with E-state index in [1.54, 1.807) is 0 Å². The third kappa shape index (κ3) is 1.85. The first-order valence-electron chi connectivity index (χ1n) is 5.00. The molecule has 0 aromatic heterocycles.